The summed E-state index contributed by atoms with van der Waals surface area (Å²) in [6.45, 7) is 1.70. The number of fused-ring (bicyclic) bond motifs is 1. The molecule has 3 aromatic carbocycles. The van der Waals surface area contributed by atoms with Gasteiger partial charge >= 0.3 is 20.0 Å². The van der Waals surface area contributed by atoms with Crippen LogP contribution in [-0.4, -0.2) is 59.9 Å². The molecule has 1 aromatic heterocycles. The minimum atomic E-state index is -4.93. The Hall–Kier alpha value is -6.30. The van der Waals surface area contributed by atoms with Crippen LogP contribution in [0.5, 0.6) is 11.5 Å². The van der Waals surface area contributed by atoms with Crippen molar-refractivity contribution in [2.75, 3.05) is 0 Å². The molecule has 0 saturated carbocycles. The molecule has 21 heteroatoms. The fraction of sp³-hybridized carbons (Fsp3) is 0.273. The Morgan fingerprint density at radius 1 is 0.981 bits per heavy atom. The van der Waals surface area contributed by atoms with E-state index in [9.17, 15) is 42.2 Å². The number of β-lactam (4-membered cyclic amide) rings is 1. The molecule has 1 fully saturated rings. The van der Waals surface area contributed by atoms with Crippen molar-refractivity contribution in [2.24, 2.45) is 11.8 Å². The molecule has 2 aliphatic heterocycles. The second-order valence-electron chi connectivity index (χ2n) is 12.1. The van der Waals surface area contributed by atoms with Crippen molar-refractivity contribution in [1.29, 1.82) is 0 Å². The Bertz CT molecular complexity index is 2090. The second kappa shape index (κ2) is 15.0. The van der Waals surface area contributed by atoms with Crippen LogP contribution in [0, 0.1) is 22.0 Å². The average molecular weight is 772 g/mol. The molecule has 4 aromatic rings. The van der Waals surface area contributed by atoms with Crippen molar-refractivity contribution in [3.05, 3.63) is 118 Å². The maximum absolute atomic E-state index is 14.4. The number of phosphoric acid groups is 1. The summed E-state index contributed by atoms with van der Waals surface area (Å²) in [5, 5.41) is 22.7. The summed E-state index contributed by atoms with van der Waals surface area (Å²) in [6.07, 6.45) is -4.93. The van der Waals surface area contributed by atoms with E-state index in [0.29, 0.717) is 5.56 Å². The molecule has 2 aliphatic rings. The summed E-state index contributed by atoms with van der Waals surface area (Å²) >= 11 is 0. The first-order chi connectivity index (χ1) is 25.6. The Morgan fingerprint density at radius 3 is 2.13 bits per heavy atom. The summed E-state index contributed by atoms with van der Waals surface area (Å²) in [7, 11) is -4.73. The van der Waals surface area contributed by atoms with E-state index in [2.05, 4.69) is 20.8 Å². The van der Waals surface area contributed by atoms with Gasteiger partial charge in [-0.25, -0.2) is 9.48 Å². The highest BCUT2D eigenvalue weighted by molar-refractivity contribution is 7.49. The van der Waals surface area contributed by atoms with Crippen molar-refractivity contribution < 1.29 is 55.4 Å². The zero-order valence-electron chi connectivity index (χ0n) is 28.2. The number of halogens is 3. The lowest BCUT2D eigenvalue weighted by Gasteiger charge is -2.47. The predicted molar refractivity (Wildman–Crippen MR) is 176 cm³/mol. The summed E-state index contributed by atoms with van der Waals surface area (Å²) in [6, 6.07) is 19.0. The van der Waals surface area contributed by atoms with Crippen molar-refractivity contribution in [2.45, 2.75) is 45.3 Å². The highest BCUT2D eigenvalue weighted by Gasteiger charge is 2.62. The fourth-order valence-corrected chi connectivity index (χ4v) is 7.38. The molecule has 0 bridgehead atoms. The van der Waals surface area contributed by atoms with Gasteiger partial charge in [0, 0.05) is 24.1 Å². The summed E-state index contributed by atoms with van der Waals surface area (Å²) in [5.74, 6) is -6.34. The number of nitrogens with one attached hydrogen (secondary N) is 1. The third-order valence-corrected chi connectivity index (χ3v) is 9.73. The number of aromatic nitrogens is 4. The number of hydrogen-bond donors (Lipinski definition) is 1. The first-order valence-electron chi connectivity index (χ1n) is 16.0. The average Bonchev–Trinajstić information content (AvgIpc) is 3.68. The molecule has 282 valence electrons. The Kier molecular flexibility index (Phi) is 10.4. The first kappa shape index (κ1) is 37.5. The summed E-state index contributed by atoms with van der Waals surface area (Å²) in [5.41, 5.74) is -0.266. The highest BCUT2D eigenvalue weighted by Crippen LogP contribution is 2.57. The summed E-state index contributed by atoms with van der Waals surface area (Å²) < 4.78 is 77.5. The van der Waals surface area contributed by atoms with Crippen molar-refractivity contribution in [3.63, 3.8) is 0 Å². The van der Waals surface area contributed by atoms with E-state index in [0.717, 1.165) is 4.90 Å². The number of para-hydroxylation sites is 2. The molecular weight excluding hydrogens is 742 g/mol. The van der Waals surface area contributed by atoms with Crippen LogP contribution in [0.3, 0.4) is 0 Å². The van der Waals surface area contributed by atoms with Gasteiger partial charge in [-0.15, -0.1) is 5.10 Å². The largest absolute Gasteiger partial charge is 0.646 e. The van der Waals surface area contributed by atoms with Crippen LogP contribution in [0.4, 0.5) is 18.9 Å². The minimum Gasteiger partial charge on any atom is -0.456 e. The van der Waals surface area contributed by atoms with Gasteiger partial charge in [-0.05, 0) is 59.3 Å². The number of nitrogens with zero attached hydrogens (tertiary/aromatic N) is 6. The van der Waals surface area contributed by atoms with E-state index < -0.39 is 78.7 Å². The number of hydrogen-bond acceptors (Lipinski definition) is 13. The normalized spacial score (nSPS) is 18.6. The lowest BCUT2D eigenvalue weighted by Crippen LogP contribution is -2.66. The number of benzene rings is 3. The molecule has 2 amide bonds. The van der Waals surface area contributed by atoms with E-state index in [4.69, 9.17) is 18.3 Å². The topological polar surface area (TPSA) is 207 Å². The molecule has 1 N–H and O–H groups in total. The number of rotatable bonds is 14. The monoisotopic (exact) mass is 771 g/mol. The van der Waals surface area contributed by atoms with E-state index >= 15 is 0 Å². The van der Waals surface area contributed by atoms with Gasteiger partial charge < -0.3 is 23.6 Å². The number of non-ortho nitro benzene ring substituents is 1. The lowest BCUT2D eigenvalue weighted by atomic mass is 9.77. The van der Waals surface area contributed by atoms with Crippen LogP contribution < -0.4 is 14.4 Å². The number of amides is 2. The SMILES string of the molecule is C[C@@H](NC(=O)Cn1nnnc1C(F)(F)F)[C@H]1C(=O)N2C(C(=O)OCc3ccc([N+](=O)[O-])cc3)=C(OP(=O)(Oc3ccccc3)Oc3ccccc3)[C@H](C)[C@H]12. The number of carbonyl (C=O) groups is 3. The molecule has 0 spiro atoms. The van der Waals surface area contributed by atoms with Gasteiger partial charge in [0.1, 0.15) is 30.4 Å². The Balaban J connectivity index is 1.28. The number of nitro groups is 1. The maximum atomic E-state index is 14.4. The van der Waals surface area contributed by atoms with Crippen LogP contribution in [-0.2, 0) is 47.5 Å². The Labute approximate surface area is 303 Å². The molecule has 17 nitrogen and oxygen atoms in total. The molecule has 4 atom stereocenters. The molecule has 3 heterocycles. The highest BCUT2D eigenvalue weighted by atomic mass is 31.2. The van der Waals surface area contributed by atoms with Gasteiger partial charge in [0.15, 0.2) is 5.70 Å². The van der Waals surface area contributed by atoms with Gasteiger partial charge in [0.2, 0.25) is 11.8 Å². The van der Waals surface area contributed by atoms with Crippen LogP contribution in [0.2, 0.25) is 0 Å². The molecule has 6 rings (SSSR count). The number of alkyl halides is 3. The van der Waals surface area contributed by atoms with Gasteiger partial charge in [-0.3, -0.25) is 24.6 Å². The van der Waals surface area contributed by atoms with Crippen LogP contribution in [0.1, 0.15) is 25.2 Å². The smallest absolute Gasteiger partial charge is 0.456 e. The zero-order chi connectivity index (χ0) is 38.8. The lowest BCUT2D eigenvalue weighted by molar-refractivity contribution is -0.384. The zero-order valence-corrected chi connectivity index (χ0v) is 29.0. The molecule has 0 radical (unpaired) electrons. The number of ether oxygens (including phenoxy) is 1. The van der Waals surface area contributed by atoms with Gasteiger partial charge in [0.25, 0.3) is 11.5 Å². The van der Waals surface area contributed by atoms with E-state index in [1.165, 1.54) is 55.5 Å². The number of tetrazole rings is 1. The third kappa shape index (κ3) is 7.87. The number of nitro benzene ring substituents is 1. The van der Waals surface area contributed by atoms with Gasteiger partial charge in [-0.1, -0.05) is 43.3 Å². The maximum Gasteiger partial charge on any atom is 0.646 e. The minimum absolute atomic E-state index is 0.0788. The van der Waals surface area contributed by atoms with Gasteiger partial charge in [-0.2, -0.15) is 17.7 Å². The van der Waals surface area contributed by atoms with Gasteiger partial charge in [0.05, 0.1) is 16.9 Å². The van der Waals surface area contributed by atoms with Crippen LogP contribution in [0.15, 0.2) is 96.4 Å². The molecular formula is C33H29F3N7O10P. The number of carbonyl (C=O) groups excluding carboxylic acids is 3. The molecule has 0 unspecified atom stereocenters. The summed E-state index contributed by atoms with van der Waals surface area (Å²) in [4.78, 5) is 52.0. The van der Waals surface area contributed by atoms with E-state index in [1.54, 1.807) is 43.3 Å². The third-order valence-electron chi connectivity index (χ3n) is 8.44. The van der Waals surface area contributed by atoms with Crippen LogP contribution in [0.25, 0.3) is 0 Å². The quantitative estimate of drug-likeness (QED) is 0.0601. The molecule has 54 heavy (non-hydrogen) atoms. The predicted octanol–water partition coefficient (Wildman–Crippen LogP) is 4.82. The van der Waals surface area contributed by atoms with Crippen LogP contribution >= 0.6 is 7.82 Å². The van der Waals surface area contributed by atoms with Crippen molar-refractivity contribution in [1.82, 2.24) is 30.4 Å². The fourth-order valence-electron chi connectivity index (χ4n) is 6.02. The first-order valence-corrected chi connectivity index (χ1v) is 17.5. The standard InChI is InChI=1S/C33H29F3N7O10P/c1-19-27-26(20(2)37-25(44)17-41-32(33(34,35)36)38-39-40-41)30(45)42(27)28(31(46)50-18-21-13-15-22(16-14-21)43(47)48)29(19)53-54(49,51-23-9-5-3-6-10-23)52-24-11-7-4-8-12-24/h3-16,19-20,26-27H,17-18H2,1-2H3,(H,37,44)/t19-,20-,26-,27-/m1/s1. The molecule has 1 saturated heterocycles. The Morgan fingerprint density at radius 2 is 1.57 bits per heavy atom. The van der Waals surface area contributed by atoms with E-state index in [-0.39, 0.29) is 34.2 Å². The van der Waals surface area contributed by atoms with Crippen molar-refractivity contribution >= 4 is 31.3 Å². The van der Waals surface area contributed by atoms with Crippen molar-refractivity contribution in [3.8, 4) is 11.5 Å². The number of phosphoric ester groups is 1. The molecule has 0 aliphatic carbocycles. The number of esters is 1. The van der Waals surface area contributed by atoms with E-state index in [1.807, 2.05) is 0 Å². The second-order valence-corrected chi connectivity index (χ2v) is 13.5.